The Bertz CT molecular complexity index is 2910. The van der Waals surface area contributed by atoms with Gasteiger partial charge in [-0.05, 0) is 128 Å². The molecule has 6 atom stereocenters. The topological polar surface area (TPSA) is 237 Å². The molecule has 3 aliphatic heterocycles. The molecule has 0 spiro atoms. The van der Waals surface area contributed by atoms with Crippen molar-refractivity contribution in [2.75, 3.05) is 74.8 Å². The Hall–Kier alpha value is -7.88. The Morgan fingerprint density at radius 3 is 2.10 bits per heavy atom. The second-order valence-electron chi connectivity index (χ2n) is 23.0. The fraction of sp³-hybridized carbons (Fsp3) is 0.532. The molecule has 2 bridgehead atoms. The van der Waals surface area contributed by atoms with E-state index in [1.54, 1.807) is 82.4 Å². The predicted molar refractivity (Wildman–Crippen MR) is 306 cm³/mol. The van der Waals surface area contributed by atoms with Crippen LogP contribution in [0.25, 0.3) is 0 Å². The number of amides is 6. The number of cyclic esters (lactones) is 2. The third-order valence-corrected chi connectivity index (χ3v) is 15.4. The van der Waals surface area contributed by atoms with Gasteiger partial charge >= 0.3 is 11.9 Å². The predicted octanol–water partition coefficient (Wildman–Crippen LogP) is 5.71. The number of nitrogens with one attached hydrogen (secondary N) is 1. The van der Waals surface area contributed by atoms with Crippen LogP contribution in [0.2, 0.25) is 0 Å². The number of rotatable bonds is 8. The first-order valence-electron chi connectivity index (χ1n) is 28.4. The van der Waals surface area contributed by atoms with E-state index in [-0.39, 0.29) is 80.6 Å². The highest BCUT2D eigenvalue weighted by atomic mass is 19.1. The molecular formula is C62H81FN6O15. The van der Waals surface area contributed by atoms with Gasteiger partial charge < -0.3 is 58.2 Å². The fourth-order valence-corrected chi connectivity index (χ4v) is 10.1. The molecule has 0 aromatic heterocycles. The third-order valence-electron chi connectivity index (χ3n) is 15.4. The van der Waals surface area contributed by atoms with Crippen molar-refractivity contribution >= 4 is 53.2 Å². The summed E-state index contributed by atoms with van der Waals surface area (Å²) in [6.07, 6.45) is 3.78. The van der Waals surface area contributed by atoms with Gasteiger partial charge in [-0.25, -0.2) is 14.0 Å². The Kier molecular flexibility index (Phi) is 22.6. The van der Waals surface area contributed by atoms with E-state index >= 15 is 4.39 Å². The van der Waals surface area contributed by atoms with Gasteiger partial charge in [0.05, 0.1) is 31.8 Å². The lowest BCUT2D eigenvalue weighted by Gasteiger charge is -2.37. The Balaban J connectivity index is 1.33. The zero-order valence-corrected chi connectivity index (χ0v) is 50.1. The minimum atomic E-state index is -1.53. The molecule has 3 aromatic carbocycles. The minimum Gasteiger partial charge on any atom is -0.493 e. The number of aryl methyl sites for hydroxylation is 1. The summed E-state index contributed by atoms with van der Waals surface area (Å²) >= 11 is 0. The number of carbonyl (C=O) groups excluding carboxylic acids is 9. The maximum absolute atomic E-state index is 15.6. The van der Waals surface area contributed by atoms with E-state index in [0.717, 1.165) is 11.0 Å². The van der Waals surface area contributed by atoms with Crippen LogP contribution in [0.5, 0.6) is 17.2 Å². The molecule has 3 aromatic rings. The van der Waals surface area contributed by atoms with Gasteiger partial charge in [0.2, 0.25) is 29.4 Å². The van der Waals surface area contributed by atoms with Crippen LogP contribution in [-0.2, 0) is 63.8 Å². The Morgan fingerprint density at radius 2 is 1.40 bits per heavy atom. The molecule has 21 nitrogen and oxygen atoms in total. The van der Waals surface area contributed by atoms with Crippen molar-refractivity contribution in [3.8, 4) is 17.2 Å². The second-order valence-corrected chi connectivity index (χ2v) is 23.0. The SMILES string of the molecule is COc1cc(F)c(CC[C@H]2OC(=O)[C@@H]3CCCCN3C(=O)C(=O)C(C)(C)COC(=O)/C=C\CCN(C)C(=O)[C@@H]3CCCN3C(=O)[C@H](COC(C)(C)C)N(C)C(=O)C(c3ccccc3)NC(=O)[C@H](C)N(C)C(=O)COc3cccc2c3)cc1OC. The number of Topliss-reactive ketones (excluding diaryl/α,β-unsaturated/α-hetero) is 1. The van der Waals surface area contributed by atoms with E-state index in [9.17, 15) is 43.2 Å². The average molecular weight is 1170 g/mol. The summed E-state index contributed by atoms with van der Waals surface area (Å²) in [5.41, 5.74) is -1.30. The quantitative estimate of drug-likeness (QED) is 0.210. The number of hydrogen-bond donors (Lipinski definition) is 1. The standard InChI is InChI=1S/C62H81FN6O15/c1-39-55(73)64-53(40-21-13-12-14-22-40)58(76)67(9)47(36-83-61(2,3)4)57(75)68-32-20-26-45(68)56(74)65(7)30-17-16-27-52(71)82-38-62(5,6)54(72)59(77)69-31-18-15-25-46(69)60(78)84-48(29-28-41-34-49(79-10)50(80-11)35-44(41)63)42-23-19-24-43(33-42)81-37-51(70)66(39)8/h12-14,16,19,21-24,27,33-35,39,45-48,53H,15,17-18,20,25-26,28-32,36-38H2,1-11H3,(H,64,73)/b27-16-/t39-,45-,46-,47-,48+,53?/m0/s1. The van der Waals surface area contributed by atoms with Crippen molar-refractivity contribution in [2.45, 2.75) is 135 Å². The van der Waals surface area contributed by atoms with Crippen molar-refractivity contribution in [2.24, 2.45) is 5.41 Å². The number of carbonyl (C=O) groups is 9. The van der Waals surface area contributed by atoms with Crippen molar-refractivity contribution in [3.63, 3.8) is 0 Å². The van der Waals surface area contributed by atoms with Gasteiger partial charge in [-0.1, -0.05) is 48.5 Å². The molecule has 3 heterocycles. The molecule has 1 unspecified atom stereocenters. The molecular weight excluding hydrogens is 1090 g/mol. The van der Waals surface area contributed by atoms with Crippen LogP contribution >= 0.6 is 0 Å². The van der Waals surface area contributed by atoms with Gasteiger partial charge in [-0.3, -0.25) is 33.6 Å². The second kappa shape index (κ2) is 29.1. The van der Waals surface area contributed by atoms with Crippen LogP contribution < -0.4 is 19.5 Å². The summed E-state index contributed by atoms with van der Waals surface area (Å²) in [4.78, 5) is 134. The monoisotopic (exact) mass is 1170 g/mol. The highest BCUT2D eigenvalue weighted by molar-refractivity contribution is 6.38. The number of likely N-dealkylation sites (N-methyl/N-ethyl adjacent to an activating group) is 3. The van der Waals surface area contributed by atoms with Crippen LogP contribution in [0.15, 0.2) is 78.9 Å². The lowest BCUT2D eigenvalue weighted by molar-refractivity contribution is -0.165. The number of esters is 2. The Morgan fingerprint density at radius 1 is 0.738 bits per heavy atom. The molecule has 0 radical (unpaired) electrons. The number of ketones is 1. The summed E-state index contributed by atoms with van der Waals surface area (Å²) in [7, 11) is 7.20. The summed E-state index contributed by atoms with van der Waals surface area (Å²) in [5, 5.41) is 2.81. The zero-order valence-electron chi connectivity index (χ0n) is 50.1. The van der Waals surface area contributed by atoms with Crippen LogP contribution in [0, 0.1) is 11.2 Å². The number of halogens is 1. The molecule has 6 rings (SSSR count). The summed E-state index contributed by atoms with van der Waals surface area (Å²) in [5.74, 6) is -6.43. The van der Waals surface area contributed by atoms with Gasteiger partial charge in [0.15, 0.2) is 18.1 Å². The van der Waals surface area contributed by atoms with Gasteiger partial charge in [-0.15, -0.1) is 0 Å². The normalized spacial score (nSPS) is 24.0. The fourth-order valence-electron chi connectivity index (χ4n) is 10.1. The zero-order chi connectivity index (χ0) is 61.6. The van der Waals surface area contributed by atoms with E-state index in [0.29, 0.717) is 36.8 Å². The maximum Gasteiger partial charge on any atom is 0.330 e. The van der Waals surface area contributed by atoms with Crippen LogP contribution in [-0.4, -0.2) is 182 Å². The number of piperidine rings is 1. The Labute approximate surface area is 491 Å². The van der Waals surface area contributed by atoms with Crippen molar-refractivity contribution in [1.82, 2.24) is 29.8 Å². The first-order valence-corrected chi connectivity index (χ1v) is 28.4. The maximum atomic E-state index is 15.6. The largest absolute Gasteiger partial charge is 0.493 e. The van der Waals surface area contributed by atoms with Crippen molar-refractivity contribution in [3.05, 3.63) is 101 Å². The van der Waals surface area contributed by atoms with Crippen LogP contribution in [0.3, 0.4) is 0 Å². The molecule has 456 valence electrons. The molecule has 0 aliphatic carbocycles. The van der Waals surface area contributed by atoms with Crippen LogP contribution in [0.4, 0.5) is 4.39 Å². The van der Waals surface area contributed by atoms with E-state index in [1.807, 2.05) is 0 Å². The molecule has 84 heavy (non-hydrogen) atoms. The van der Waals surface area contributed by atoms with Crippen molar-refractivity contribution in [1.29, 1.82) is 0 Å². The number of ether oxygens (including phenoxy) is 6. The summed E-state index contributed by atoms with van der Waals surface area (Å²) < 4.78 is 50.1. The van der Waals surface area contributed by atoms with Gasteiger partial charge in [0.25, 0.3) is 11.8 Å². The van der Waals surface area contributed by atoms with E-state index in [1.165, 1.54) is 86.9 Å². The lowest BCUT2D eigenvalue weighted by Crippen LogP contribution is -2.58. The number of fused-ring (bicyclic) bond motifs is 4. The van der Waals surface area contributed by atoms with Crippen LogP contribution in [0.1, 0.15) is 115 Å². The molecule has 3 aliphatic rings. The number of benzene rings is 3. The van der Waals surface area contributed by atoms with E-state index < -0.39 is 114 Å². The molecule has 0 saturated carbocycles. The summed E-state index contributed by atoms with van der Waals surface area (Å²) in [6, 6.07) is 11.6. The van der Waals surface area contributed by atoms with Gasteiger partial charge in [0.1, 0.15) is 54.5 Å². The third kappa shape index (κ3) is 16.7. The lowest BCUT2D eigenvalue weighted by atomic mass is 9.87. The molecule has 1 N–H and O–H groups in total. The smallest absolute Gasteiger partial charge is 0.330 e. The first kappa shape index (κ1) is 65.3. The highest BCUT2D eigenvalue weighted by Gasteiger charge is 2.45. The average Bonchev–Trinajstić information content (AvgIpc) is 3.69. The van der Waals surface area contributed by atoms with Gasteiger partial charge in [-0.2, -0.15) is 0 Å². The van der Waals surface area contributed by atoms with Gasteiger partial charge in [0, 0.05) is 52.9 Å². The number of hydrogen-bond acceptors (Lipinski definition) is 15. The molecule has 2 fully saturated rings. The molecule has 2 saturated heterocycles. The van der Waals surface area contributed by atoms with E-state index in [2.05, 4.69) is 5.32 Å². The number of nitrogens with zero attached hydrogens (tertiary/aromatic N) is 5. The first-order chi connectivity index (χ1) is 39.8. The minimum absolute atomic E-state index is 0.00000335. The van der Waals surface area contributed by atoms with E-state index in [4.69, 9.17) is 28.4 Å². The number of methoxy groups -OCH3 is 2. The highest BCUT2D eigenvalue weighted by Crippen LogP contribution is 2.35. The molecule has 22 heteroatoms. The van der Waals surface area contributed by atoms with Crippen molar-refractivity contribution < 1.29 is 76.0 Å². The summed E-state index contributed by atoms with van der Waals surface area (Å²) in [6.45, 7) is 8.88. The molecule has 6 amide bonds.